The minimum atomic E-state index is -4.79. The van der Waals surface area contributed by atoms with Gasteiger partial charge in [-0.2, -0.15) is 23.0 Å². The van der Waals surface area contributed by atoms with Crippen LogP contribution in [0.25, 0.3) is 21.5 Å². The van der Waals surface area contributed by atoms with E-state index in [1.807, 2.05) is 0 Å². The van der Waals surface area contributed by atoms with Crippen LogP contribution in [0.15, 0.2) is 42.6 Å². The Kier molecular flexibility index (Phi) is 5.56. The first kappa shape index (κ1) is 22.6. The predicted octanol–water partition coefficient (Wildman–Crippen LogP) is 4.72. The van der Waals surface area contributed by atoms with Crippen molar-refractivity contribution in [3.05, 3.63) is 75.6 Å². The average Bonchev–Trinajstić information content (AvgIpc) is 3.28. The Morgan fingerprint density at radius 1 is 1.21 bits per heavy atom. The highest BCUT2D eigenvalue weighted by atomic mass is 32.1. The maximum Gasteiger partial charge on any atom is 0.478 e. The van der Waals surface area contributed by atoms with Gasteiger partial charge in [-0.1, -0.05) is 0 Å². The molecule has 172 valence electrons. The third-order valence-electron chi connectivity index (χ3n) is 5.00. The summed E-state index contributed by atoms with van der Waals surface area (Å²) in [6, 6.07) is 5.61. The topological polar surface area (TPSA) is 73.9 Å². The number of aromatic nitrogens is 3. The van der Waals surface area contributed by atoms with Crippen LogP contribution in [0.3, 0.4) is 0 Å². The lowest BCUT2D eigenvalue weighted by Gasteiger charge is -2.14. The number of nitrogens with one attached hydrogen (secondary N) is 1. The maximum atomic E-state index is 14.3. The van der Waals surface area contributed by atoms with Gasteiger partial charge in [-0.15, -0.1) is 11.3 Å². The summed E-state index contributed by atoms with van der Waals surface area (Å²) in [6.45, 7) is 1.52. The number of carbonyl (C=O) groups excluding carboxylic acids is 1. The third-order valence-corrected chi connectivity index (χ3v) is 6.20. The minimum absolute atomic E-state index is 0.0740. The summed E-state index contributed by atoms with van der Waals surface area (Å²) in [5.41, 5.74) is -0.862. The van der Waals surface area contributed by atoms with Gasteiger partial charge < -0.3 is 10.5 Å². The summed E-state index contributed by atoms with van der Waals surface area (Å²) < 4.78 is 67.1. The quantitative estimate of drug-likeness (QED) is 0.260. The number of hydrogen-bond acceptors (Lipinski definition) is 4. The second-order valence-corrected chi connectivity index (χ2v) is 8.32. The molecule has 1 N–H and O–H groups in total. The van der Waals surface area contributed by atoms with E-state index < -0.39 is 35.5 Å². The highest BCUT2D eigenvalue weighted by molar-refractivity contribution is 7.20. The molecule has 12 heteroatoms. The fraction of sp³-hybridized carbons (Fsp3) is 0.190. The van der Waals surface area contributed by atoms with Crippen molar-refractivity contribution in [2.75, 3.05) is 0 Å². The maximum absolute atomic E-state index is 14.3. The van der Waals surface area contributed by atoms with E-state index in [2.05, 4.69) is 10.4 Å². The van der Waals surface area contributed by atoms with E-state index in [1.165, 1.54) is 23.7 Å². The van der Waals surface area contributed by atoms with Crippen molar-refractivity contribution < 1.29 is 31.5 Å². The Morgan fingerprint density at radius 2 is 1.94 bits per heavy atom. The monoisotopic (exact) mass is 482 g/mol. The molecule has 0 spiro atoms. The first-order valence-corrected chi connectivity index (χ1v) is 10.3. The zero-order valence-corrected chi connectivity index (χ0v) is 17.9. The van der Waals surface area contributed by atoms with Gasteiger partial charge in [0, 0.05) is 35.7 Å². The lowest BCUT2D eigenvalue weighted by molar-refractivity contribution is -0.629. The number of hydrogen-bond donors (Lipinski definition) is 1. The smallest absolute Gasteiger partial charge is 0.478 e. The molecule has 0 fully saturated rings. The fourth-order valence-corrected chi connectivity index (χ4v) is 4.33. The zero-order valence-electron chi connectivity index (χ0n) is 17.1. The number of alkyl halides is 3. The van der Waals surface area contributed by atoms with Gasteiger partial charge in [-0.05, 0) is 31.2 Å². The molecule has 6 nitrogen and oxygen atoms in total. The van der Waals surface area contributed by atoms with Gasteiger partial charge in [-0.25, -0.2) is 8.78 Å². The average molecular weight is 482 g/mol. The van der Waals surface area contributed by atoms with Crippen molar-refractivity contribution in [2.24, 2.45) is 7.05 Å². The predicted molar refractivity (Wildman–Crippen MR) is 110 cm³/mol. The molecule has 1 atom stereocenters. The van der Waals surface area contributed by atoms with Gasteiger partial charge in [0.1, 0.15) is 22.2 Å². The van der Waals surface area contributed by atoms with E-state index in [9.17, 15) is 32.0 Å². The van der Waals surface area contributed by atoms with E-state index in [0.717, 1.165) is 35.7 Å². The summed E-state index contributed by atoms with van der Waals surface area (Å²) in [6.07, 6.45) is -4.03. The lowest BCUT2D eigenvalue weighted by Crippen LogP contribution is -2.38. The van der Waals surface area contributed by atoms with Crippen molar-refractivity contribution in [1.82, 2.24) is 15.1 Å². The molecule has 1 aromatic carbocycles. The van der Waals surface area contributed by atoms with E-state index in [-0.39, 0.29) is 26.4 Å². The molecule has 0 aliphatic rings. The Hall–Kier alpha value is -3.54. The summed E-state index contributed by atoms with van der Waals surface area (Å²) in [5.74, 6) is -2.06. The van der Waals surface area contributed by atoms with Crippen molar-refractivity contribution in [3.63, 3.8) is 0 Å². The molecular weight excluding hydrogens is 467 g/mol. The van der Waals surface area contributed by atoms with Crippen LogP contribution < -0.4 is 10.0 Å². The van der Waals surface area contributed by atoms with Crippen molar-refractivity contribution >= 4 is 27.5 Å². The summed E-state index contributed by atoms with van der Waals surface area (Å²) in [4.78, 5) is 13.6. The van der Waals surface area contributed by atoms with Crippen LogP contribution in [-0.2, 0) is 13.2 Å². The molecule has 1 amide bonds. The number of pyridine rings is 1. The number of halogens is 5. The van der Waals surface area contributed by atoms with Crippen LogP contribution in [0.5, 0.6) is 0 Å². The normalized spacial score (nSPS) is 12.8. The van der Waals surface area contributed by atoms with Crippen LogP contribution >= 0.6 is 11.3 Å². The molecule has 3 aromatic heterocycles. The molecule has 0 radical (unpaired) electrons. The number of fused-ring (bicyclic) bond motifs is 1. The first-order chi connectivity index (χ1) is 15.5. The Morgan fingerprint density at radius 3 is 2.58 bits per heavy atom. The van der Waals surface area contributed by atoms with Gasteiger partial charge in [-0.3, -0.25) is 9.48 Å². The fourth-order valence-electron chi connectivity index (χ4n) is 3.36. The SMILES string of the molecule is C[C@@H](NC(=O)c1cc2c(-c3ccc(F)cc3F)nn(C)c2s1)c1ccc(C(F)(F)F)[n+]([O-])c1. The third kappa shape index (κ3) is 4.25. The Balaban J connectivity index is 1.61. The number of carbonyl (C=O) groups is 1. The number of thiophene rings is 1. The zero-order chi connectivity index (χ0) is 24.1. The number of amides is 1. The summed E-state index contributed by atoms with van der Waals surface area (Å²) in [5, 5.41) is 19.1. The first-order valence-electron chi connectivity index (χ1n) is 9.49. The van der Waals surface area contributed by atoms with Gasteiger partial charge >= 0.3 is 6.18 Å². The highest BCUT2D eigenvalue weighted by Gasteiger charge is 2.39. The van der Waals surface area contributed by atoms with Crippen LogP contribution in [-0.4, -0.2) is 15.7 Å². The minimum Gasteiger partial charge on any atom is -0.618 e. The van der Waals surface area contributed by atoms with Crippen molar-refractivity contribution in [1.29, 1.82) is 0 Å². The molecule has 0 saturated carbocycles. The van der Waals surface area contributed by atoms with Gasteiger partial charge in [0.15, 0.2) is 6.20 Å². The summed E-state index contributed by atoms with van der Waals surface area (Å²) >= 11 is 1.08. The number of nitrogens with zero attached hydrogens (tertiary/aromatic N) is 3. The Labute approximate surface area is 187 Å². The number of aryl methyl sites for hydroxylation is 1. The number of rotatable bonds is 4. The van der Waals surface area contributed by atoms with E-state index >= 15 is 0 Å². The van der Waals surface area contributed by atoms with E-state index in [1.54, 1.807) is 7.05 Å². The molecule has 4 aromatic rings. The highest BCUT2D eigenvalue weighted by Crippen LogP contribution is 2.35. The van der Waals surface area contributed by atoms with Crippen LogP contribution in [0, 0.1) is 16.8 Å². The Bertz CT molecular complexity index is 1380. The van der Waals surface area contributed by atoms with E-state index in [4.69, 9.17) is 0 Å². The molecule has 0 bridgehead atoms. The van der Waals surface area contributed by atoms with Crippen LogP contribution in [0.2, 0.25) is 0 Å². The van der Waals surface area contributed by atoms with Gasteiger partial charge in [0.2, 0.25) is 0 Å². The molecule has 4 rings (SSSR count). The van der Waals surface area contributed by atoms with Crippen LogP contribution in [0.1, 0.15) is 33.9 Å². The number of benzene rings is 1. The second kappa shape index (κ2) is 8.10. The van der Waals surface area contributed by atoms with Gasteiger partial charge in [0.05, 0.1) is 10.9 Å². The van der Waals surface area contributed by atoms with Crippen molar-refractivity contribution in [3.8, 4) is 11.3 Å². The molecular formula is C21H15F5N4O2S. The van der Waals surface area contributed by atoms with Gasteiger partial charge in [0.25, 0.3) is 11.6 Å². The van der Waals surface area contributed by atoms with Crippen LogP contribution in [0.4, 0.5) is 22.0 Å². The van der Waals surface area contributed by atoms with E-state index in [0.29, 0.717) is 16.3 Å². The molecule has 0 aliphatic heterocycles. The standard InChI is InChI=1S/C21H15F5N4O2S/c1-10(11-3-6-17(21(24,25)26)30(32)9-11)27-19(31)16-8-14-18(28-29(2)20(14)33-16)13-5-4-12(22)7-15(13)23/h3-10H,1-2H3,(H,27,31)/t10-/m1/s1. The lowest BCUT2D eigenvalue weighted by atomic mass is 10.1. The molecule has 0 aliphatic carbocycles. The molecule has 33 heavy (non-hydrogen) atoms. The summed E-state index contributed by atoms with van der Waals surface area (Å²) in [7, 11) is 1.61. The molecule has 0 saturated heterocycles. The van der Waals surface area contributed by atoms with Crippen molar-refractivity contribution in [2.45, 2.75) is 19.1 Å². The second-order valence-electron chi connectivity index (χ2n) is 7.29. The largest absolute Gasteiger partial charge is 0.618 e. The molecule has 3 heterocycles. The molecule has 0 unspecified atom stereocenters.